The van der Waals surface area contributed by atoms with Gasteiger partial charge >= 0.3 is 0 Å². The van der Waals surface area contributed by atoms with Crippen molar-refractivity contribution in [3.05, 3.63) is 35.4 Å². The summed E-state index contributed by atoms with van der Waals surface area (Å²) in [6, 6.07) is 7.56. The maximum Gasteiger partial charge on any atom is 0.253 e. The number of hydrogen-bond acceptors (Lipinski definition) is 3. The highest BCUT2D eigenvalue weighted by Crippen LogP contribution is 2.22. The van der Waals surface area contributed by atoms with E-state index in [-0.39, 0.29) is 5.91 Å². The molecule has 4 nitrogen and oxygen atoms in total. The molecule has 1 atom stereocenters. The van der Waals surface area contributed by atoms with Crippen LogP contribution in [0.2, 0.25) is 0 Å². The molecule has 0 saturated carbocycles. The molecule has 3 N–H and O–H groups in total. The maximum atomic E-state index is 12.3. The maximum absolute atomic E-state index is 12.3. The predicted molar refractivity (Wildman–Crippen MR) is 70.3 cm³/mol. The first-order valence-electron chi connectivity index (χ1n) is 6.32. The van der Waals surface area contributed by atoms with Gasteiger partial charge in [-0.15, -0.1) is 0 Å². The van der Waals surface area contributed by atoms with E-state index in [2.05, 4.69) is 0 Å². The number of rotatable bonds is 3. The van der Waals surface area contributed by atoms with Gasteiger partial charge in [0.25, 0.3) is 5.91 Å². The fourth-order valence-corrected chi connectivity index (χ4v) is 2.33. The Balaban J connectivity index is 2.12. The number of carbonyl (C=O) groups is 1. The van der Waals surface area contributed by atoms with E-state index in [9.17, 15) is 9.90 Å². The zero-order valence-electron chi connectivity index (χ0n) is 10.7. The van der Waals surface area contributed by atoms with E-state index in [0.717, 1.165) is 12.0 Å². The van der Waals surface area contributed by atoms with Crippen LogP contribution in [0.4, 0.5) is 0 Å². The summed E-state index contributed by atoms with van der Waals surface area (Å²) in [5.74, 6) is -0.00773. The van der Waals surface area contributed by atoms with E-state index in [1.807, 2.05) is 24.3 Å². The monoisotopic (exact) mass is 248 g/mol. The second-order valence-corrected chi connectivity index (χ2v) is 5.21. The summed E-state index contributed by atoms with van der Waals surface area (Å²) < 4.78 is 0. The van der Waals surface area contributed by atoms with E-state index in [0.29, 0.717) is 31.6 Å². The van der Waals surface area contributed by atoms with Crippen molar-refractivity contribution in [3.63, 3.8) is 0 Å². The second-order valence-electron chi connectivity index (χ2n) is 5.21. The summed E-state index contributed by atoms with van der Waals surface area (Å²) in [5, 5.41) is 9.89. The summed E-state index contributed by atoms with van der Waals surface area (Å²) in [6.07, 6.45) is 1.42. The molecule has 0 aliphatic carbocycles. The minimum Gasteiger partial charge on any atom is -0.388 e. The molecule has 0 spiro atoms. The van der Waals surface area contributed by atoms with Gasteiger partial charge in [-0.25, -0.2) is 0 Å². The molecule has 0 radical (unpaired) electrons. The smallest absolute Gasteiger partial charge is 0.253 e. The summed E-state index contributed by atoms with van der Waals surface area (Å²) in [5.41, 5.74) is 6.53. The van der Waals surface area contributed by atoms with Gasteiger partial charge in [-0.3, -0.25) is 4.79 Å². The van der Waals surface area contributed by atoms with Crippen LogP contribution in [0.1, 0.15) is 29.3 Å². The average Bonchev–Trinajstić information content (AvgIpc) is 2.70. The van der Waals surface area contributed by atoms with Gasteiger partial charge in [-0.2, -0.15) is 0 Å². The molecule has 98 valence electrons. The lowest BCUT2D eigenvalue weighted by molar-refractivity contribution is 0.0572. The van der Waals surface area contributed by atoms with Crippen molar-refractivity contribution < 1.29 is 9.90 Å². The number of amides is 1. The highest BCUT2D eigenvalue weighted by molar-refractivity contribution is 5.94. The van der Waals surface area contributed by atoms with Crippen LogP contribution < -0.4 is 5.73 Å². The van der Waals surface area contributed by atoms with Crippen LogP contribution in [0.3, 0.4) is 0 Å². The fourth-order valence-electron chi connectivity index (χ4n) is 2.33. The molecule has 18 heavy (non-hydrogen) atoms. The van der Waals surface area contributed by atoms with Gasteiger partial charge in [-0.05, 0) is 44.0 Å². The van der Waals surface area contributed by atoms with Gasteiger partial charge < -0.3 is 15.7 Å². The van der Waals surface area contributed by atoms with Gasteiger partial charge in [0, 0.05) is 18.7 Å². The van der Waals surface area contributed by atoms with Crippen molar-refractivity contribution in [1.29, 1.82) is 0 Å². The number of nitrogens with zero attached hydrogens (tertiary/aromatic N) is 1. The van der Waals surface area contributed by atoms with E-state index in [1.54, 1.807) is 11.8 Å². The number of likely N-dealkylation sites (tertiary alicyclic amines) is 1. The number of benzene rings is 1. The normalized spacial score (nSPS) is 23.4. The lowest BCUT2D eigenvalue weighted by atomic mass is 10.1. The Kier molecular flexibility index (Phi) is 3.68. The summed E-state index contributed by atoms with van der Waals surface area (Å²) in [7, 11) is 0. The van der Waals surface area contributed by atoms with Crippen molar-refractivity contribution in [3.8, 4) is 0 Å². The molecule has 2 rings (SSSR count). The van der Waals surface area contributed by atoms with Crippen LogP contribution >= 0.6 is 0 Å². The van der Waals surface area contributed by atoms with E-state index >= 15 is 0 Å². The standard InChI is InChI=1S/C14H20N2O2/c1-14(18)6-8-16(10-14)13(17)12-4-2-3-11(9-12)5-7-15/h2-4,9,18H,5-8,10,15H2,1H3. The zero-order chi connectivity index (χ0) is 13.2. The number of carbonyl (C=O) groups excluding carboxylic acids is 1. The Morgan fingerprint density at radius 2 is 2.33 bits per heavy atom. The van der Waals surface area contributed by atoms with Crippen LogP contribution in [-0.2, 0) is 6.42 Å². The Hall–Kier alpha value is -1.39. The van der Waals surface area contributed by atoms with E-state index in [4.69, 9.17) is 5.73 Å². The Labute approximate surface area is 107 Å². The molecule has 1 fully saturated rings. The van der Waals surface area contributed by atoms with Crippen LogP contribution in [0.5, 0.6) is 0 Å². The molecule has 0 bridgehead atoms. The molecule has 0 aromatic heterocycles. The first-order chi connectivity index (χ1) is 8.52. The zero-order valence-corrected chi connectivity index (χ0v) is 10.7. The first kappa shape index (κ1) is 13.1. The second kappa shape index (κ2) is 5.08. The van der Waals surface area contributed by atoms with Crippen molar-refractivity contribution >= 4 is 5.91 Å². The molecular weight excluding hydrogens is 228 g/mol. The highest BCUT2D eigenvalue weighted by atomic mass is 16.3. The van der Waals surface area contributed by atoms with Gasteiger partial charge in [0.1, 0.15) is 0 Å². The SMILES string of the molecule is CC1(O)CCN(C(=O)c2cccc(CCN)c2)C1. The summed E-state index contributed by atoms with van der Waals surface area (Å²) in [4.78, 5) is 14.0. The van der Waals surface area contributed by atoms with Gasteiger partial charge in [0.15, 0.2) is 0 Å². The van der Waals surface area contributed by atoms with Gasteiger partial charge in [0.05, 0.1) is 5.60 Å². The molecule has 1 amide bonds. The number of β-amino-alcohol motifs (C(OH)–C–C–N with tert-alkyl or cyclic N) is 1. The van der Waals surface area contributed by atoms with Crippen LogP contribution in [0, 0.1) is 0 Å². The molecule has 1 aromatic rings. The third kappa shape index (κ3) is 2.89. The molecule has 4 heteroatoms. The van der Waals surface area contributed by atoms with Crippen molar-refractivity contribution in [2.75, 3.05) is 19.6 Å². The van der Waals surface area contributed by atoms with Gasteiger partial charge in [0.2, 0.25) is 0 Å². The number of nitrogens with two attached hydrogens (primary N) is 1. The van der Waals surface area contributed by atoms with Gasteiger partial charge in [-0.1, -0.05) is 12.1 Å². The van der Waals surface area contributed by atoms with Crippen molar-refractivity contribution in [1.82, 2.24) is 4.90 Å². The highest BCUT2D eigenvalue weighted by Gasteiger charge is 2.34. The molecule has 1 saturated heterocycles. The first-order valence-corrected chi connectivity index (χ1v) is 6.32. The lowest BCUT2D eigenvalue weighted by Crippen LogP contribution is -2.33. The third-order valence-corrected chi connectivity index (χ3v) is 3.35. The van der Waals surface area contributed by atoms with E-state index < -0.39 is 5.60 Å². The Bertz CT molecular complexity index is 443. The van der Waals surface area contributed by atoms with Crippen LogP contribution in [0.15, 0.2) is 24.3 Å². The molecule has 1 aliphatic heterocycles. The molecule has 1 aromatic carbocycles. The quantitative estimate of drug-likeness (QED) is 0.831. The van der Waals surface area contributed by atoms with Crippen molar-refractivity contribution in [2.24, 2.45) is 5.73 Å². The van der Waals surface area contributed by atoms with Crippen LogP contribution in [-0.4, -0.2) is 41.1 Å². The molecule has 1 unspecified atom stereocenters. The summed E-state index contributed by atoms with van der Waals surface area (Å²) >= 11 is 0. The minimum absolute atomic E-state index is 0.00773. The third-order valence-electron chi connectivity index (χ3n) is 3.35. The molecular formula is C14H20N2O2. The van der Waals surface area contributed by atoms with Crippen molar-refractivity contribution in [2.45, 2.75) is 25.4 Å². The summed E-state index contributed by atoms with van der Waals surface area (Å²) in [6.45, 7) is 3.38. The molecule has 1 aliphatic rings. The Morgan fingerprint density at radius 3 is 2.94 bits per heavy atom. The van der Waals surface area contributed by atoms with Crippen LogP contribution in [0.25, 0.3) is 0 Å². The lowest BCUT2D eigenvalue weighted by Gasteiger charge is -2.19. The minimum atomic E-state index is -0.746. The topological polar surface area (TPSA) is 66.6 Å². The van der Waals surface area contributed by atoms with E-state index in [1.165, 1.54) is 0 Å². The molecule has 1 heterocycles. The largest absolute Gasteiger partial charge is 0.388 e. The predicted octanol–water partition coefficient (Wildman–Crippen LogP) is 0.785. The fraction of sp³-hybridized carbons (Fsp3) is 0.500. The Morgan fingerprint density at radius 1 is 1.56 bits per heavy atom. The number of hydrogen-bond donors (Lipinski definition) is 2. The average molecular weight is 248 g/mol. The number of aliphatic hydroxyl groups is 1.